The van der Waals surface area contributed by atoms with E-state index in [0.717, 1.165) is 30.2 Å². The van der Waals surface area contributed by atoms with Gasteiger partial charge in [-0.1, -0.05) is 69.7 Å². The number of amides is 1. The number of carboxylic acids is 1. The molecule has 146 valence electrons. The number of nitrogens with one attached hydrogen (secondary N) is 1. The minimum absolute atomic E-state index is 0.183. The number of hydrogen-bond acceptors (Lipinski definition) is 3. The van der Waals surface area contributed by atoms with Gasteiger partial charge in [-0.05, 0) is 18.6 Å². The number of nitrogens with zero attached hydrogens (tertiary/aromatic N) is 1. The first-order chi connectivity index (χ1) is 13.1. The third-order valence-corrected chi connectivity index (χ3v) is 4.71. The van der Waals surface area contributed by atoms with Crippen LogP contribution in [0.3, 0.4) is 0 Å². The van der Waals surface area contributed by atoms with Gasteiger partial charge in [0.25, 0.3) is 0 Å². The number of aliphatic carboxylic acids is 1. The topological polar surface area (TPSA) is 79.3 Å². The maximum atomic E-state index is 12.1. The average molecular weight is 370 g/mol. The molecule has 1 atom stereocenters. The second-order valence-corrected chi connectivity index (χ2v) is 7.03. The molecular weight excluding hydrogens is 340 g/mol. The molecule has 1 heterocycles. The highest BCUT2D eigenvalue weighted by molar-refractivity contribution is 5.84. The quantitative estimate of drug-likeness (QED) is 0.540. The summed E-state index contributed by atoms with van der Waals surface area (Å²) < 4.78 is 0. The van der Waals surface area contributed by atoms with Crippen LogP contribution < -0.4 is 5.32 Å². The normalized spacial score (nSPS) is 12.0. The zero-order valence-electron chi connectivity index (χ0n) is 16.1. The van der Waals surface area contributed by atoms with Crippen LogP contribution in [0.1, 0.15) is 64.0 Å². The van der Waals surface area contributed by atoms with Gasteiger partial charge in [0.05, 0.1) is 5.52 Å². The summed E-state index contributed by atoms with van der Waals surface area (Å²) in [4.78, 5) is 28.1. The fraction of sp³-hybridized carbons (Fsp3) is 0.500. The lowest BCUT2D eigenvalue weighted by Crippen LogP contribution is -2.42. The number of benzene rings is 1. The van der Waals surface area contributed by atoms with Crippen molar-refractivity contribution < 1.29 is 14.7 Å². The number of hydrogen-bond donors (Lipinski definition) is 2. The molecule has 5 nitrogen and oxygen atoms in total. The Balaban J connectivity index is 1.80. The van der Waals surface area contributed by atoms with E-state index in [4.69, 9.17) is 0 Å². The molecule has 0 unspecified atom stereocenters. The molecule has 27 heavy (non-hydrogen) atoms. The third-order valence-electron chi connectivity index (χ3n) is 4.71. The van der Waals surface area contributed by atoms with Gasteiger partial charge in [-0.2, -0.15) is 0 Å². The lowest BCUT2D eigenvalue weighted by molar-refractivity contribution is -0.141. The van der Waals surface area contributed by atoms with Crippen LogP contribution in [0, 0.1) is 0 Å². The molecule has 0 aliphatic rings. The van der Waals surface area contributed by atoms with Crippen LogP contribution in [0.4, 0.5) is 0 Å². The molecule has 0 saturated heterocycles. The van der Waals surface area contributed by atoms with E-state index >= 15 is 0 Å². The van der Waals surface area contributed by atoms with E-state index in [1.165, 1.54) is 25.7 Å². The van der Waals surface area contributed by atoms with Crippen molar-refractivity contribution in [2.45, 2.75) is 70.8 Å². The second-order valence-electron chi connectivity index (χ2n) is 7.03. The van der Waals surface area contributed by atoms with Gasteiger partial charge in [0.15, 0.2) is 0 Å². The Bertz CT molecular complexity index is 745. The predicted molar refractivity (Wildman–Crippen MR) is 108 cm³/mol. The van der Waals surface area contributed by atoms with Crippen molar-refractivity contribution in [1.82, 2.24) is 10.3 Å². The maximum absolute atomic E-state index is 12.1. The summed E-state index contributed by atoms with van der Waals surface area (Å²) >= 11 is 0. The zero-order valence-corrected chi connectivity index (χ0v) is 16.1. The molecule has 1 amide bonds. The molecule has 2 aromatic rings. The Hall–Kier alpha value is -2.43. The Morgan fingerprint density at radius 2 is 1.70 bits per heavy atom. The maximum Gasteiger partial charge on any atom is 0.326 e. The Kier molecular flexibility index (Phi) is 8.75. The fourth-order valence-electron chi connectivity index (χ4n) is 3.14. The summed E-state index contributed by atoms with van der Waals surface area (Å²) in [6.07, 6.45) is 8.47. The molecule has 1 aromatic carbocycles. The Morgan fingerprint density at radius 3 is 2.44 bits per heavy atom. The van der Waals surface area contributed by atoms with E-state index in [2.05, 4.69) is 17.2 Å². The molecule has 0 aliphatic carbocycles. The van der Waals surface area contributed by atoms with Gasteiger partial charge < -0.3 is 10.4 Å². The number of carbonyl (C=O) groups is 2. The van der Waals surface area contributed by atoms with Crippen LogP contribution in [0.2, 0.25) is 0 Å². The van der Waals surface area contributed by atoms with E-state index in [0.29, 0.717) is 12.1 Å². The monoisotopic (exact) mass is 370 g/mol. The molecule has 1 aromatic heterocycles. The molecule has 2 N–H and O–H groups in total. The Labute approximate surface area is 161 Å². The van der Waals surface area contributed by atoms with Gasteiger partial charge in [-0.15, -0.1) is 0 Å². The van der Waals surface area contributed by atoms with E-state index in [9.17, 15) is 14.7 Å². The first-order valence-corrected chi connectivity index (χ1v) is 9.97. The third kappa shape index (κ3) is 7.37. The van der Waals surface area contributed by atoms with Crippen LogP contribution >= 0.6 is 0 Å². The summed E-state index contributed by atoms with van der Waals surface area (Å²) in [5, 5.41) is 13.1. The molecule has 0 radical (unpaired) electrons. The molecule has 0 aliphatic heterocycles. The van der Waals surface area contributed by atoms with Crippen molar-refractivity contribution in [3.8, 4) is 0 Å². The molecule has 2 rings (SSSR count). The van der Waals surface area contributed by atoms with E-state index in [1.807, 2.05) is 36.4 Å². The van der Waals surface area contributed by atoms with Crippen LogP contribution in [0.5, 0.6) is 0 Å². The van der Waals surface area contributed by atoms with Crippen molar-refractivity contribution >= 4 is 22.8 Å². The van der Waals surface area contributed by atoms with Crippen molar-refractivity contribution in [3.63, 3.8) is 0 Å². The number of aromatic nitrogens is 1. The SMILES string of the molecule is CCCCCCCCCC(=O)N[C@@H](Cc1ccc2ccccc2n1)C(=O)O. The van der Waals surface area contributed by atoms with E-state index in [1.54, 1.807) is 0 Å². The average Bonchev–Trinajstić information content (AvgIpc) is 2.66. The fourth-order valence-corrected chi connectivity index (χ4v) is 3.14. The van der Waals surface area contributed by atoms with Crippen LogP contribution in [0.25, 0.3) is 10.9 Å². The first kappa shape index (κ1) is 20.9. The highest BCUT2D eigenvalue weighted by Gasteiger charge is 2.21. The smallest absolute Gasteiger partial charge is 0.326 e. The molecule has 0 saturated carbocycles. The second kappa shape index (κ2) is 11.3. The van der Waals surface area contributed by atoms with Crippen LogP contribution in [-0.2, 0) is 16.0 Å². The number of carbonyl (C=O) groups excluding carboxylic acids is 1. The lowest BCUT2D eigenvalue weighted by atomic mass is 10.1. The summed E-state index contributed by atoms with van der Waals surface area (Å²) in [7, 11) is 0. The van der Waals surface area contributed by atoms with Crippen LogP contribution in [0.15, 0.2) is 36.4 Å². The van der Waals surface area contributed by atoms with Crippen molar-refractivity contribution in [2.24, 2.45) is 0 Å². The van der Waals surface area contributed by atoms with Gasteiger partial charge >= 0.3 is 5.97 Å². The van der Waals surface area contributed by atoms with Crippen molar-refractivity contribution in [3.05, 3.63) is 42.1 Å². The number of pyridine rings is 1. The highest BCUT2D eigenvalue weighted by Crippen LogP contribution is 2.13. The standard InChI is InChI=1S/C22H30N2O3/c1-2-3-4-5-6-7-8-13-21(25)24-20(22(26)27)16-18-15-14-17-11-9-10-12-19(17)23-18/h9-12,14-15,20H,2-8,13,16H2,1H3,(H,24,25)(H,26,27)/t20-/m0/s1. The van der Waals surface area contributed by atoms with Gasteiger partial charge in [0.2, 0.25) is 5.91 Å². The zero-order chi connectivity index (χ0) is 19.5. The van der Waals surface area contributed by atoms with E-state index in [-0.39, 0.29) is 12.3 Å². The summed E-state index contributed by atoms with van der Waals surface area (Å²) in [6.45, 7) is 2.19. The first-order valence-electron chi connectivity index (χ1n) is 9.97. The van der Waals surface area contributed by atoms with Crippen molar-refractivity contribution in [2.75, 3.05) is 0 Å². The highest BCUT2D eigenvalue weighted by atomic mass is 16.4. The number of carboxylic acid groups (broad SMARTS) is 1. The lowest BCUT2D eigenvalue weighted by Gasteiger charge is -2.14. The van der Waals surface area contributed by atoms with E-state index < -0.39 is 12.0 Å². The predicted octanol–water partition coefficient (Wildman–Crippen LogP) is 4.49. The molecule has 0 spiro atoms. The van der Waals surface area contributed by atoms with Gasteiger partial charge in [0, 0.05) is 23.9 Å². The molecule has 5 heteroatoms. The number of unbranched alkanes of at least 4 members (excludes halogenated alkanes) is 6. The summed E-state index contributed by atoms with van der Waals surface area (Å²) in [5.41, 5.74) is 1.49. The van der Waals surface area contributed by atoms with Gasteiger partial charge in [0.1, 0.15) is 6.04 Å². The number of rotatable bonds is 12. The molecule has 0 fully saturated rings. The van der Waals surface area contributed by atoms with Crippen LogP contribution in [-0.4, -0.2) is 28.0 Å². The summed E-state index contributed by atoms with van der Waals surface area (Å²) in [6, 6.07) is 10.5. The van der Waals surface area contributed by atoms with Gasteiger partial charge in [-0.3, -0.25) is 9.78 Å². The summed E-state index contributed by atoms with van der Waals surface area (Å²) in [5.74, 6) is -1.23. The minimum atomic E-state index is -1.03. The number of para-hydroxylation sites is 1. The molecule has 0 bridgehead atoms. The largest absolute Gasteiger partial charge is 0.480 e. The minimum Gasteiger partial charge on any atom is -0.480 e. The van der Waals surface area contributed by atoms with Gasteiger partial charge in [-0.25, -0.2) is 4.79 Å². The van der Waals surface area contributed by atoms with Crippen molar-refractivity contribution in [1.29, 1.82) is 0 Å². The molecular formula is C22H30N2O3. The Morgan fingerprint density at radius 1 is 1.00 bits per heavy atom. The number of fused-ring (bicyclic) bond motifs is 1.